The molecule has 2 aliphatic carbocycles. The normalized spacial score (nSPS) is 14.8. The Bertz CT molecular complexity index is 2580. The Kier molecular flexibility index (Phi) is 7.28. The number of allylic oxidation sites excluding steroid dienone is 1. The molecule has 0 bridgehead atoms. The van der Waals surface area contributed by atoms with Crippen LogP contribution in [0.2, 0.25) is 0 Å². The van der Waals surface area contributed by atoms with Crippen molar-refractivity contribution in [2.75, 3.05) is 4.90 Å². The van der Waals surface area contributed by atoms with E-state index in [1.807, 2.05) is 6.08 Å². The van der Waals surface area contributed by atoms with Crippen molar-refractivity contribution in [3.63, 3.8) is 0 Å². The minimum Gasteiger partial charge on any atom is -0.314 e. The van der Waals surface area contributed by atoms with E-state index in [-0.39, 0.29) is 10.8 Å². The van der Waals surface area contributed by atoms with Crippen LogP contribution in [-0.4, -0.2) is 0 Å². The lowest BCUT2D eigenvalue weighted by molar-refractivity contribution is 0.660. The lowest BCUT2D eigenvalue weighted by Crippen LogP contribution is -2.18. The van der Waals surface area contributed by atoms with Gasteiger partial charge in [-0.25, -0.2) is 0 Å². The summed E-state index contributed by atoms with van der Waals surface area (Å²) in [5.41, 5.74) is 18.8. The molecule has 0 heterocycles. The molecule has 0 saturated heterocycles. The van der Waals surface area contributed by atoms with E-state index in [0.717, 1.165) is 22.6 Å². The molecule has 52 heavy (non-hydrogen) atoms. The smallest absolute Gasteiger partial charge is 0.0461 e. The van der Waals surface area contributed by atoms with Gasteiger partial charge in [0.1, 0.15) is 0 Å². The van der Waals surface area contributed by atoms with Gasteiger partial charge in [0, 0.05) is 27.9 Å². The molecule has 0 N–H and O–H groups in total. The highest BCUT2D eigenvalue weighted by Crippen LogP contribution is 2.54. The van der Waals surface area contributed by atoms with E-state index in [0.29, 0.717) is 0 Å². The Balaban J connectivity index is 1.24. The van der Waals surface area contributed by atoms with Gasteiger partial charge in [-0.1, -0.05) is 162 Å². The second kappa shape index (κ2) is 11.8. The zero-order valence-electron chi connectivity index (χ0n) is 30.7. The van der Waals surface area contributed by atoms with Crippen LogP contribution in [0, 0.1) is 0 Å². The summed E-state index contributed by atoms with van der Waals surface area (Å²) in [4.78, 5) is 2.44. The van der Waals surface area contributed by atoms with Crippen molar-refractivity contribution in [2.45, 2.75) is 45.4 Å². The van der Waals surface area contributed by atoms with Crippen molar-refractivity contribution < 1.29 is 0 Å². The van der Waals surface area contributed by atoms with E-state index in [1.54, 1.807) is 0 Å². The number of fused-ring (bicyclic) bond motifs is 8. The van der Waals surface area contributed by atoms with Crippen molar-refractivity contribution in [2.24, 2.45) is 0 Å². The zero-order valence-corrected chi connectivity index (χ0v) is 30.7. The highest BCUT2D eigenvalue weighted by Gasteiger charge is 2.38. The number of hydrogen-bond donors (Lipinski definition) is 0. The zero-order chi connectivity index (χ0) is 35.8. The van der Waals surface area contributed by atoms with Gasteiger partial charge < -0.3 is 4.90 Å². The van der Waals surface area contributed by atoms with Gasteiger partial charge in [0.2, 0.25) is 0 Å². The lowest BCUT2D eigenvalue weighted by Gasteiger charge is -2.29. The topological polar surface area (TPSA) is 3.24 Å². The second-order valence-corrected chi connectivity index (χ2v) is 15.5. The van der Waals surface area contributed by atoms with E-state index >= 15 is 0 Å². The molecule has 7 aromatic carbocycles. The summed E-state index contributed by atoms with van der Waals surface area (Å²) in [7, 11) is 0. The summed E-state index contributed by atoms with van der Waals surface area (Å²) in [6, 6.07) is 53.6. The van der Waals surface area contributed by atoms with Crippen LogP contribution in [0.4, 0.5) is 11.4 Å². The van der Waals surface area contributed by atoms with Crippen LogP contribution in [0.5, 0.6) is 0 Å². The van der Waals surface area contributed by atoms with E-state index in [9.17, 15) is 0 Å². The van der Waals surface area contributed by atoms with Gasteiger partial charge >= 0.3 is 0 Å². The van der Waals surface area contributed by atoms with Crippen molar-refractivity contribution in [3.8, 4) is 33.4 Å². The van der Waals surface area contributed by atoms with Crippen molar-refractivity contribution >= 4 is 34.3 Å². The summed E-state index contributed by atoms with van der Waals surface area (Å²) >= 11 is 0. The first-order valence-electron chi connectivity index (χ1n) is 18.4. The summed E-state index contributed by atoms with van der Waals surface area (Å²) in [5.74, 6) is 0. The van der Waals surface area contributed by atoms with Gasteiger partial charge in [-0.2, -0.15) is 0 Å². The Morgan fingerprint density at radius 3 is 1.94 bits per heavy atom. The third-order valence-corrected chi connectivity index (χ3v) is 11.8. The van der Waals surface area contributed by atoms with Gasteiger partial charge in [-0.3, -0.25) is 0 Å². The van der Waals surface area contributed by atoms with Crippen LogP contribution in [0.1, 0.15) is 68.0 Å². The minimum absolute atomic E-state index is 0.0835. The van der Waals surface area contributed by atoms with Crippen LogP contribution >= 0.6 is 0 Å². The minimum atomic E-state index is -0.142. The van der Waals surface area contributed by atoms with E-state index in [2.05, 4.69) is 198 Å². The first kappa shape index (κ1) is 32.0. The molecule has 252 valence electrons. The van der Waals surface area contributed by atoms with Crippen LogP contribution in [0.25, 0.3) is 56.3 Å². The highest BCUT2D eigenvalue weighted by atomic mass is 15.1. The largest absolute Gasteiger partial charge is 0.314 e. The SMILES string of the molecule is C=Cc1ccc2c(c1/C=C(\C)N(c1ccc(-c3ccccc3)cc1)c1ccc3c(c1)C(C)(C)c1ccc4ccccc4c1-3)-c1ccccc1C2(C)C. The number of nitrogens with zero attached hydrogens (tertiary/aromatic N) is 1. The summed E-state index contributed by atoms with van der Waals surface area (Å²) in [6.07, 6.45) is 4.39. The number of rotatable bonds is 6. The van der Waals surface area contributed by atoms with Crippen LogP contribution < -0.4 is 4.90 Å². The Labute approximate surface area is 308 Å². The molecule has 9 rings (SSSR count). The van der Waals surface area contributed by atoms with Gasteiger partial charge in [0.05, 0.1) is 0 Å². The average molecular weight is 670 g/mol. The molecule has 0 atom stereocenters. The molecule has 0 amide bonds. The van der Waals surface area contributed by atoms with Gasteiger partial charge in [0.25, 0.3) is 0 Å². The Morgan fingerprint density at radius 1 is 0.538 bits per heavy atom. The van der Waals surface area contributed by atoms with Gasteiger partial charge in [-0.15, -0.1) is 0 Å². The highest BCUT2D eigenvalue weighted by molar-refractivity contribution is 6.03. The van der Waals surface area contributed by atoms with E-state index in [1.165, 1.54) is 72.0 Å². The van der Waals surface area contributed by atoms with Gasteiger partial charge in [-0.05, 0) is 115 Å². The van der Waals surface area contributed by atoms with Crippen molar-refractivity contribution in [3.05, 3.63) is 191 Å². The second-order valence-electron chi connectivity index (χ2n) is 15.5. The Morgan fingerprint density at radius 2 is 1.15 bits per heavy atom. The molecule has 0 fully saturated rings. The molecular formula is C51H43N. The standard InChI is InChI=1S/C51H43N/c1-7-34-23-29-46-49(41-19-13-14-20-44(41)50(46,3)4)43(34)31-33(2)52(38-25-21-36(22-26-38)35-15-9-8-10-16-35)39-27-28-42-47(32-39)51(5,6)45-30-24-37-17-11-12-18-40(37)48(42)45/h7-32H,1H2,2-6H3/b33-31+. The summed E-state index contributed by atoms with van der Waals surface area (Å²) in [6.45, 7) is 16.0. The van der Waals surface area contributed by atoms with Crippen molar-refractivity contribution in [1.82, 2.24) is 0 Å². The molecule has 0 unspecified atom stereocenters. The molecule has 1 nitrogen and oxygen atoms in total. The fraction of sp³-hybridized carbons (Fsp3) is 0.137. The molecule has 0 aliphatic heterocycles. The van der Waals surface area contributed by atoms with Crippen LogP contribution in [-0.2, 0) is 10.8 Å². The molecule has 7 aromatic rings. The van der Waals surface area contributed by atoms with Crippen molar-refractivity contribution in [1.29, 1.82) is 0 Å². The van der Waals surface area contributed by atoms with Gasteiger partial charge in [0.15, 0.2) is 0 Å². The third-order valence-electron chi connectivity index (χ3n) is 11.8. The summed E-state index contributed by atoms with van der Waals surface area (Å²) < 4.78 is 0. The maximum Gasteiger partial charge on any atom is 0.0461 e. The third kappa shape index (κ3) is 4.76. The molecule has 0 aromatic heterocycles. The molecular weight excluding hydrogens is 627 g/mol. The molecule has 2 aliphatic rings. The van der Waals surface area contributed by atoms with Crippen LogP contribution in [0.3, 0.4) is 0 Å². The maximum absolute atomic E-state index is 4.27. The number of anilines is 2. The monoisotopic (exact) mass is 669 g/mol. The molecule has 1 heteroatoms. The lowest BCUT2D eigenvalue weighted by atomic mass is 9.81. The first-order valence-corrected chi connectivity index (χ1v) is 18.4. The summed E-state index contributed by atoms with van der Waals surface area (Å²) in [5, 5.41) is 2.60. The average Bonchev–Trinajstić information content (AvgIpc) is 3.55. The fourth-order valence-electron chi connectivity index (χ4n) is 9.07. The van der Waals surface area contributed by atoms with E-state index < -0.39 is 0 Å². The molecule has 0 saturated carbocycles. The predicted octanol–water partition coefficient (Wildman–Crippen LogP) is 14.0. The molecule has 0 radical (unpaired) electrons. The van der Waals surface area contributed by atoms with E-state index in [4.69, 9.17) is 0 Å². The number of benzene rings is 7. The predicted molar refractivity (Wildman–Crippen MR) is 223 cm³/mol. The fourth-order valence-corrected chi connectivity index (χ4v) is 9.07. The Hall–Kier alpha value is -5.92. The maximum atomic E-state index is 4.27. The van der Waals surface area contributed by atoms with Crippen LogP contribution in [0.15, 0.2) is 158 Å². The molecule has 0 spiro atoms. The number of hydrogen-bond acceptors (Lipinski definition) is 1. The first-order chi connectivity index (χ1) is 25.2. The quantitative estimate of drug-likeness (QED) is 0.170.